The molecule has 0 radical (unpaired) electrons. The zero-order chi connectivity index (χ0) is 18.5. The SMILES string of the molecule is Cc1ccc(COc2ccccc2CN2CC[C@@H](O)[C@@H](C(=O)O)C2)cc1. The molecule has 2 aromatic carbocycles. The molecule has 5 nitrogen and oxygen atoms in total. The Kier molecular flexibility index (Phi) is 5.91. The minimum atomic E-state index is -0.939. The molecule has 1 aliphatic heterocycles. The third-order valence-corrected chi connectivity index (χ3v) is 4.86. The summed E-state index contributed by atoms with van der Waals surface area (Å²) in [5, 5.41) is 19.1. The quantitative estimate of drug-likeness (QED) is 0.834. The van der Waals surface area contributed by atoms with Gasteiger partial charge in [-0.25, -0.2) is 0 Å². The lowest BCUT2D eigenvalue weighted by Crippen LogP contribution is -2.46. The van der Waals surface area contributed by atoms with Gasteiger partial charge in [-0.2, -0.15) is 0 Å². The highest BCUT2D eigenvalue weighted by atomic mass is 16.5. The summed E-state index contributed by atoms with van der Waals surface area (Å²) in [6.07, 6.45) is -0.291. The predicted molar refractivity (Wildman–Crippen MR) is 99.0 cm³/mol. The number of rotatable bonds is 6. The fourth-order valence-electron chi connectivity index (χ4n) is 3.25. The van der Waals surface area contributed by atoms with E-state index < -0.39 is 18.0 Å². The zero-order valence-corrected chi connectivity index (χ0v) is 15.0. The van der Waals surface area contributed by atoms with Gasteiger partial charge in [0.2, 0.25) is 0 Å². The molecular formula is C21H25NO4. The van der Waals surface area contributed by atoms with Gasteiger partial charge in [-0.15, -0.1) is 0 Å². The van der Waals surface area contributed by atoms with Crippen LogP contribution in [0.15, 0.2) is 48.5 Å². The molecule has 0 aromatic heterocycles. The first-order valence-electron chi connectivity index (χ1n) is 8.92. The molecule has 2 N–H and O–H groups in total. The number of carbonyl (C=O) groups is 1. The standard InChI is InChI=1S/C21H25NO4/c1-15-6-8-16(9-7-15)14-26-20-5-3-2-4-17(20)12-22-11-10-19(23)18(13-22)21(24)25/h2-9,18-19,23H,10-14H2,1H3,(H,24,25)/t18-,19+/m0/s1. The van der Waals surface area contributed by atoms with Crippen molar-refractivity contribution in [1.29, 1.82) is 0 Å². The summed E-state index contributed by atoms with van der Waals surface area (Å²) in [6, 6.07) is 16.1. The summed E-state index contributed by atoms with van der Waals surface area (Å²) in [5.74, 6) is -0.860. The molecular weight excluding hydrogens is 330 g/mol. The number of likely N-dealkylation sites (tertiary alicyclic amines) is 1. The van der Waals surface area contributed by atoms with Crippen molar-refractivity contribution in [2.24, 2.45) is 5.92 Å². The molecule has 2 atom stereocenters. The Labute approximate surface area is 153 Å². The Balaban J connectivity index is 1.65. The molecule has 1 fully saturated rings. The van der Waals surface area contributed by atoms with E-state index in [4.69, 9.17) is 4.74 Å². The molecule has 5 heteroatoms. The molecule has 0 amide bonds. The van der Waals surface area contributed by atoms with Crippen LogP contribution < -0.4 is 4.74 Å². The number of aryl methyl sites for hydroxylation is 1. The minimum Gasteiger partial charge on any atom is -0.489 e. The molecule has 1 aliphatic rings. The molecule has 1 heterocycles. The number of aliphatic hydroxyl groups excluding tert-OH is 1. The summed E-state index contributed by atoms with van der Waals surface area (Å²) in [7, 11) is 0. The molecule has 0 saturated carbocycles. The highest BCUT2D eigenvalue weighted by Crippen LogP contribution is 2.25. The summed E-state index contributed by atoms with van der Waals surface area (Å²) in [5.41, 5.74) is 3.35. The van der Waals surface area contributed by atoms with Crippen LogP contribution in [0, 0.1) is 12.8 Å². The molecule has 0 bridgehead atoms. The van der Waals surface area contributed by atoms with Crippen molar-refractivity contribution in [3.05, 3.63) is 65.2 Å². The highest BCUT2D eigenvalue weighted by Gasteiger charge is 2.33. The van der Waals surface area contributed by atoms with Crippen molar-refractivity contribution in [2.45, 2.75) is 32.6 Å². The van der Waals surface area contributed by atoms with Gasteiger partial charge in [0.25, 0.3) is 0 Å². The summed E-state index contributed by atoms with van der Waals surface area (Å²) >= 11 is 0. The average molecular weight is 355 g/mol. The zero-order valence-electron chi connectivity index (χ0n) is 15.0. The molecule has 0 aliphatic carbocycles. The van der Waals surface area contributed by atoms with E-state index in [1.807, 2.05) is 24.3 Å². The third-order valence-electron chi connectivity index (χ3n) is 4.86. The molecule has 2 aromatic rings. The van der Waals surface area contributed by atoms with Crippen molar-refractivity contribution < 1.29 is 19.7 Å². The van der Waals surface area contributed by atoms with Crippen LogP contribution in [-0.4, -0.2) is 40.3 Å². The maximum Gasteiger partial charge on any atom is 0.310 e. The topological polar surface area (TPSA) is 70.0 Å². The van der Waals surface area contributed by atoms with Gasteiger partial charge in [-0.1, -0.05) is 48.0 Å². The van der Waals surface area contributed by atoms with Crippen LogP contribution in [0.5, 0.6) is 5.75 Å². The number of nitrogens with zero attached hydrogens (tertiary/aromatic N) is 1. The summed E-state index contributed by atoms with van der Waals surface area (Å²) in [4.78, 5) is 13.4. The lowest BCUT2D eigenvalue weighted by atomic mass is 9.94. The van der Waals surface area contributed by atoms with E-state index in [9.17, 15) is 15.0 Å². The van der Waals surface area contributed by atoms with Crippen LogP contribution in [0.4, 0.5) is 0 Å². The monoisotopic (exact) mass is 355 g/mol. The Hall–Kier alpha value is -2.37. The normalized spacial score (nSPS) is 20.7. The molecule has 138 valence electrons. The first-order valence-corrected chi connectivity index (χ1v) is 8.92. The predicted octanol–water partition coefficient (Wildman–Crippen LogP) is 2.84. The first kappa shape index (κ1) is 18.4. The van der Waals surface area contributed by atoms with Gasteiger partial charge in [0.05, 0.1) is 12.0 Å². The maximum atomic E-state index is 11.3. The van der Waals surface area contributed by atoms with E-state index in [0.717, 1.165) is 16.9 Å². The number of carboxylic acids is 1. The number of aliphatic carboxylic acids is 1. The van der Waals surface area contributed by atoms with E-state index in [0.29, 0.717) is 32.7 Å². The van der Waals surface area contributed by atoms with E-state index in [1.54, 1.807) is 0 Å². The van der Waals surface area contributed by atoms with Gasteiger partial charge in [0, 0.05) is 25.2 Å². The van der Waals surface area contributed by atoms with Crippen LogP contribution in [0.2, 0.25) is 0 Å². The van der Waals surface area contributed by atoms with Crippen LogP contribution >= 0.6 is 0 Å². The van der Waals surface area contributed by atoms with Crippen molar-refractivity contribution in [3.63, 3.8) is 0 Å². The van der Waals surface area contributed by atoms with Crippen molar-refractivity contribution >= 4 is 5.97 Å². The smallest absolute Gasteiger partial charge is 0.310 e. The number of carboxylic acid groups (broad SMARTS) is 1. The van der Waals surface area contributed by atoms with Gasteiger partial charge < -0.3 is 14.9 Å². The summed E-state index contributed by atoms with van der Waals surface area (Å²) in [6.45, 7) is 4.19. The second kappa shape index (κ2) is 8.34. The number of ether oxygens (including phenoxy) is 1. The number of hydrogen-bond acceptors (Lipinski definition) is 4. The van der Waals surface area contributed by atoms with Crippen LogP contribution in [-0.2, 0) is 17.9 Å². The molecule has 26 heavy (non-hydrogen) atoms. The Morgan fingerprint density at radius 3 is 2.65 bits per heavy atom. The van der Waals surface area contributed by atoms with Gasteiger partial charge in [-0.05, 0) is 25.0 Å². The lowest BCUT2D eigenvalue weighted by Gasteiger charge is -2.34. The van der Waals surface area contributed by atoms with E-state index in [1.165, 1.54) is 5.56 Å². The van der Waals surface area contributed by atoms with Crippen LogP contribution in [0.1, 0.15) is 23.1 Å². The van der Waals surface area contributed by atoms with Crippen LogP contribution in [0.25, 0.3) is 0 Å². The molecule has 0 spiro atoms. The van der Waals surface area contributed by atoms with E-state index in [-0.39, 0.29) is 0 Å². The van der Waals surface area contributed by atoms with Gasteiger partial charge in [0.1, 0.15) is 12.4 Å². The van der Waals surface area contributed by atoms with Gasteiger partial charge in [-0.3, -0.25) is 9.69 Å². The van der Waals surface area contributed by atoms with E-state index >= 15 is 0 Å². The Bertz CT molecular complexity index is 744. The van der Waals surface area contributed by atoms with Crippen molar-refractivity contribution in [1.82, 2.24) is 4.90 Å². The number of aliphatic hydroxyl groups is 1. The van der Waals surface area contributed by atoms with Crippen molar-refractivity contribution in [3.8, 4) is 5.75 Å². The van der Waals surface area contributed by atoms with E-state index in [2.05, 4.69) is 36.1 Å². The fourth-order valence-corrected chi connectivity index (χ4v) is 3.25. The number of hydrogen-bond donors (Lipinski definition) is 2. The lowest BCUT2D eigenvalue weighted by molar-refractivity contribution is -0.149. The molecule has 3 rings (SSSR count). The Morgan fingerprint density at radius 2 is 1.92 bits per heavy atom. The molecule has 0 unspecified atom stereocenters. The number of benzene rings is 2. The highest BCUT2D eigenvalue weighted by molar-refractivity contribution is 5.71. The first-order chi connectivity index (χ1) is 12.5. The largest absolute Gasteiger partial charge is 0.489 e. The minimum absolute atomic E-state index is 0.350. The fraction of sp³-hybridized carbons (Fsp3) is 0.381. The molecule has 1 saturated heterocycles. The van der Waals surface area contributed by atoms with Crippen molar-refractivity contribution in [2.75, 3.05) is 13.1 Å². The van der Waals surface area contributed by atoms with Gasteiger partial charge >= 0.3 is 5.97 Å². The summed E-state index contributed by atoms with van der Waals surface area (Å²) < 4.78 is 6.01. The maximum absolute atomic E-state index is 11.3. The van der Waals surface area contributed by atoms with Gasteiger partial charge in [0.15, 0.2) is 0 Å². The Morgan fingerprint density at radius 1 is 1.19 bits per heavy atom. The second-order valence-electron chi connectivity index (χ2n) is 6.92. The third kappa shape index (κ3) is 4.62. The second-order valence-corrected chi connectivity index (χ2v) is 6.92. The number of para-hydroxylation sites is 1. The van der Waals surface area contributed by atoms with Crippen LogP contribution in [0.3, 0.4) is 0 Å². The number of piperidine rings is 1. The average Bonchev–Trinajstić information content (AvgIpc) is 2.63.